The first-order valence-corrected chi connectivity index (χ1v) is 6.17. The molecule has 16 heavy (non-hydrogen) atoms. The lowest BCUT2D eigenvalue weighted by atomic mass is 10.1. The zero-order valence-corrected chi connectivity index (χ0v) is 11.6. The second-order valence-electron chi connectivity index (χ2n) is 4.11. The van der Waals surface area contributed by atoms with Gasteiger partial charge >= 0.3 is 5.97 Å². The summed E-state index contributed by atoms with van der Waals surface area (Å²) in [5.74, 6) is -0.312. The van der Waals surface area contributed by atoms with Crippen LogP contribution in [0.25, 0.3) is 0 Å². The maximum Gasteiger partial charge on any atom is 0.338 e. The molecule has 1 aromatic carbocycles. The molecular weight excluding hydrogens is 291 g/mol. The smallest absolute Gasteiger partial charge is 0.338 e. The molecule has 0 amide bonds. The van der Waals surface area contributed by atoms with E-state index in [9.17, 15) is 4.79 Å². The normalized spacial score (nSPS) is 11.2. The third kappa shape index (κ3) is 4.99. The Hall–Kier alpha value is -0.540. The van der Waals surface area contributed by atoms with E-state index in [2.05, 4.69) is 15.9 Å². The second kappa shape index (κ2) is 5.69. The van der Waals surface area contributed by atoms with Gasteiger partial charge in [0.05, 0.1) is 12.2 Å². The number of esters is 1. The summed E-state index contributed by atoms with van der Waals surface area (Å²) in [5.41, 5.74) is 0.525. The fourth-order valence-electron chi connectivity index (χ4n) is 1.06. The van der Waals surface area contributed by atoms with E-state index in [0.29, 0.717) is 17.2 Å². The van der Waals surface area contributed by atoms with Crippen molar-refractivity contribution in [3.05, 3.63) is 34.9 Å². The maximum absolute atomic E-state index is 11.6. The van der Waals surface area contributed by atoms with Gasteiger partial charge in [0.25, 0.3) is 0 Å². The zero-order chi connectivity index (χ0) is 12.2. The summed E-state index contributed by atoms with van der Waals surface area (Å²) >= 11 is 9.21. The number of halogens is 2. The Bertz CT molecular complexity index is 354. The van der Waals surface area contributed by atoms with E-state index in [1.165, 1.54) is 0 Å². The third-order valence-electron chi connectivity index (χ3n) is 2.01. The molecule has 0 aliphatic heterocycles. The molecule has 1 aromatic rings. The van der Waals surface area contributed by atoms with Gasteiger partial charge < -0.3 is 4.74 Å². The highest BCUT2D eigenvalue weighted by Crippen LogP contribution is 2.20. The van der Waals surface area contributed by atoms with E-state index >= 15 is 0 Å². The predicted octanol–water partition coefficient (Wildman–Crippen LogP) is 4.06. The second-order valence-corrected chi connectivity index (χ2v) is 6.69. The van der Waals surface area contributed by atoms with Crippen LogP contribution in [-0.2, 0) is 4.74 Å². The van der Waals surface area contributed by atoms with Gasteiger partial charge in [-0.2, -0.15) is 0 Å². The number of benzene rings is 1. The summed E-state index contributed by atoms with van der Waals surface area (Å²) in [6.45, 7) is 4.46. The Kier molecular flexibility index (Phi) is 4.81. The molecule has 0 spiro atoms. The Labute approximate surface area is 109 Å². The van der Waals surface area contributed by atoms with E-state index in [-0.39, 0.29) is 10.3 Å². The number of hydrogen-bond donors (Lipinski definition) is 0. The molecule has 0 unspecified atom stereocenters. The van der Waals surface area contributed by atoms with E-state index < -0.39 is 0 Å². The molecule has 0 atom stereocenters. The fraction of sp³-hybridized carbons (Fsp3) is 0.417. The minimum absolute atomic E-state index is 0.00667. The van der Waals surface area contributed by atoms with Crippen molar-refractivity contribution in [1.82, 2.24) is 0 Å². The zero-order valence-electron chi connectivity index (χ0n) is 9.30. The van der Waals surface area contributed by atoms with Gasteiger partial charge in [-0.3, -0.25) is 0 Å². The lowest BCUT2D eigenvalue weighted by Crippen LogP contribution is -2.15. The Morgan fingerprint density at radius 2 is 1.94 bits per heavy atom. The Morgan fingerprint density at radius 3 is 2.44 bits per heavy atom. The largest absolute Gasteiger partial charge is 0.462 e. The van der Waals surface area contributed by atoms with Crippen LogP contribution in [0, 0.1) is 0 Å². The quantitative estimate of drug-likeness (QED) is 0.619. The van der Waals surface area contributed by atoms with Gasteiger partial charge in [-0.15, -0.1) is 0 Å². The van der Waals surface area contributed by atoms with Crippen LogP contribution in [0.2, 0.25) is 5.02 Å². The number of alkyl halides is 1. The third-order valence-corrected chi connectivity index (χ3v) is 2.66. The number of carbonyl (C=O) groups is 1. The van der Waals surface area contributed by atoms with Gasteiger partial charge in [0, 0.05) is 9.35 Å². The van der Waals surface area contributed by atoms with E-state index in [4.69, 9.17) is 16.3 Å². The van der Waals surface area contributed by atoms with Crippen molar-refractivity contribution in [1.29, 1.82) is 0 Å². The van der Waals surface area contributed by atoms with Crippen LogP contribution < -0.4 is 0 Å². The van der Waals surface area contributed by atoms with Crippen LogP contribution in [0.3, 0.4) is 0 Å². The van der Waals surface area contributed by atoms with Crippen molar-refractivity contribution in [2.24, 2.45) is 0 Å². The van der Waals surface area contributed by atoms with Crippen molar-refractivity contribution in [2.75, 3.05) is 6.61 Å². The highest BCUT2D eigenvalue weighted by molar-refractivity contribution is 9.10. The van der Waals surface area contributed by atoms with E-state index in [0.717, 1.165) is 6.42 Å². The molecular formula is C12H14BrClO2. The van der Waals surface area contributed by atoms with Crippen LogP contribution in [0.1, 0.15) is 30.6 Å². The molecule has 0 radical (unpaired) electrons. The van der Waals surface area contributed by atoms with Gasteiger partial charge in [-0.25, -0.2) is 4.79 Å². The van der Waals surface area contributed by atoms with Crippen molar-refractivity contribution < 1.29 is 9.53 Å². The first-order valence-electron chi connectivity index (χ1n) is 5.00. The minimum Gasteiger partial charge on any atom is -0.462 e. The molecule has 0 fully saturated rings. The van der Waals surface area contributed by atoms with Crippen LogP contribution in [-0.4, -0.2) is 16.9 Å². The summed E-state index contributed by atoms with van der Waals surface area (Å²) < 4.78 is 5.13. The van der Waals surface area contributed by atoms with Crippen molar-refractivity contribution in [2.45, 2.75) is 24.6 Å². The first kappa shape index (κ1) is 13.5. The fourth-order valence-corrected chi connectivity index (χ4v) is 1.34. The molecule has 0 aliphatic rings. The minimum atomic E-state index is -0.312. The number of ether oxygens (including phenoxy) is 1. The highest BCUT2D eigenvalue weighted by atomic mass is 79.9. The van der Waals surface area contributed by atoms with Crippen molar-refractivity contribution >= 4 is 33.5 Å². The summed E-state index contributed by atoms with van der Waals surface area (Å²) in [5, 5.41) is 0.609. The SMILES string of the molecule is CC(C)(Br)CCOC(=O)c1ccc(Cl)cc1. The topological polar surface area (TPSA) is 26.3 Å². The summed E-state index contributed by atoms with van der Waals surface area (Å²) in [4.78, 5) is 11.6. The average Bonchev–Trinajstić information content (AvgIpc) is 2.16. The monoisotopic (exact) mass is 304 g/mol. The van der Waals surface area contributed by atoms with Gasteiger partial charge in [-0.05, 0) is 44.5 Å². The van der Waals surface area contributed by atoms with Gasteiger partial charge in [0.2, 0.25) is 0 Å². The lowest BCUT2D eigenvalue weighted by Gasteiger charge is -2.15. The van der Waals surface area contributed by atoms with Crippen molar-refractivity contribution in [3.63, 3.8) is 0 Å². The Morgan fingerprint density at radius 1 is 1.38 bits per heavy atom. The standard InChI is InChI=1S/C12H14BrClO2/c1-12(2,13)7-8-16-11(15)9-3-5-10(14)6-4-9/h3-6H,7-8H2,1-2H3. The molecule has 0 saturated carbocycles. The molecule has 4 heteroatoms. The molecule has 0 aliphatic carbocycles. The molecule has 88 valence electrons. The molecule has 2 nitrogen and oxygen atoms in total. The van der Waals surface area contributed by atoms with Crippen LogP contribution in [0.15, 0.2) is 24.3 Å². The van der Waals surface area contributed by atoms with E-state index in [1.54, 1.807) is 24.3 Å². The number of carbonyl (C=O) groups excluding carboxylic acids is 1. The number of rotatable bonds is 4. The van der Waals surface area contributed by atoms with Crippen LogP contribution >= 0.6 is 27.5 Å². The Balaban J connectivity index is 2.44. The summed E-state index contributed by atoms with van der Waals surface area (Å²) in [7, 11) is 0. The molecule has 0 N–H and O–H groups in total. The lowest BCUT2D eigenvalue weighted by molar-refractivity contribution is 0.0494. The average molecular weight is 306 g/mol. The highest BCUT2D eigenvalue weighted by Gasteiger charge is 2.14. The van der Waals surface area contributed by atoms with Gasteiger partial charge in [-0.1, -0.05) is 27.5 Å². The maximum atomic E-state index is 11.6. The van der Waals surface area contributed by atoms with Gasteiger partial charge in [0.15, 0.2) is 0 Å². The first-order chi connectivity index (χ1) is 7.38. The van der Waals surface area contributed by atoms with E-state index in [1.807, 2.05) is 13.8 Å². The molecule has 0 heterocycles. The van der Waals surface area contributed by atoms with Crippen LogP contribution in [0.5, 0.6) is 0 Å². The molecule has 0 saturated heterocycles. The number of hydrogen-bond acceptors (Lipinski definition) is 2. The molecule has 1 rings (SSSR count). The molecule has 0 aromatic heterocycles. The predicted molar refractivity (Wildman–Crippen MR) is 69.4 cm³/mol. The van der Waals surface area contributed by atoms with Crippen molar-refractivity contribution in [3.8, 4) is 0 Å². The molecule has 0 bridgehead atoms. The van der Waals surface area contributed by atoms with Gasteiger partial charge in [0.1, 0.15) is 0 Å². The summed E-state index contributed by atoms with van der Waals surface area (Å²) in [6, 6.07) is 6.66. The summed E-state index contributed by atoms with van der Waals surface area (Å²) in [6.07, 6.45) is 0.770. The van der Waals surface area contributed by atoms with Crippen LogP contribution in [0.4, 0.5) is 0 Å².